The van der Waals surface area contributed by atoms with Gasteiger partial charge in [-0.25, -0.2) is 0 Å². The van der Waals surface area contributed by atoms with Crippen LogP contribution in [0.3, 0.4) is 0 Å². The average molecular weight is 337 g/mol. The van der Waals surface area contributed by atoms with Crippen LogP contribution >= 0.6 is 0 Å². The van der Waals surface area contributed by atoms with Crippen molar-refractivity contribution in [3.05, 3.63) is 71.8 Å². The van der Waals surface area contributed by atoms with Crippen LogP contribution in [-0.4, -0.2) is 17.0 Å². The highest BCUT2D eigenvalue weighted by Gasteiger charge is 2.40. The van der Waals surface area contributed by atoms with Gasteiger partial charge in [-0.05, 0) is 36.3 Å². The third kappa shape index (κ3) is 4.27. The predicted octanol–water partition coefficient (Wildman–Crippen LogP) is 3.76. The topological polar surface area (TPSA) is 66.4 Å². The molecule has 0 heterocycles. The maximum Gasteiger partial charge on any atom is 0.308 e. The second-order valence-electron chi connectivity index (χ2n) is 6.80. The monoisotopic (exact) mass is 337 g/mol. The molecule has 1 saturated carbocycles. The lowest BCUT2D eigenvalue weighted by Gasteiger charge is -2.23. The van der Waals surface area contributed by atoms with Crippen LogP contribution in [0.5, 0.6) is 0 Å². The molecule has 0 bridgehead atoms. The summed E-state index contributed by atoms with van der Waals surface area (Å²) in [6, 6.07) is 19.0. The van der Waals surface area contributed by atoms with E-state index in [-0.39, 0.29) is 5.91 Å². The van der Waals surface area contributed by atoms with Gasteiger partial charge in [0.05, 0.1) is 12.0 Å². The number of aliphatic carboxylic acids is 1. The molecule has 0 spiro atoms. The first-order chi connectivity index (χ1) is 12.1. The fraction of sp³-hybridized carbons (Fsp3) is 0.333. The average Bonchev–Trinajstić information content (AvgIpc) is 3.39. The van der Waals surface area contributed by atoms with Crippen molar-refractivity contribution in [1.82, 2.24) is 5.32 Å². The molecule has 2 unspecified atom stereocenters. The summed E-state index contributed by atoms with van der Waals surface area (Å²) in [5, 5.41) is 12.3. The Bertz CT molecular complexity index is 729. The van der Waals surface area contributed by atoms with E-state index in [0.717, 1.165) is 12.0 Å². The Labute approximate surface area is 147 Å². The van der Waals surface area contributed by atoms with Crippen molar-refractivity contribution in [3.63, 3.8) is 0 Å². The van der Waals surface area contributed by atoms with Gasteiger partial charge in [-0.1, -0.05) is 60.7 Å². The Balaban J connectivity index is 1.62. The van der Waals surface area contributed by atoms with Gasteiger partial charge in [-0.2, -0.15) is 0 Å². The van der Waals surface area contributed by atoms with Crippen LogP contribution in [0.2, 0.25) is 0 Å². The van der Waals surface area contributed by atoms with Gasteiger partial charge in [0.2, 0.25) is 5.91 Å². The summed E-state index contributed by atoms with van der Waals surface area (Å²) < 4.78 is 0. The second kappa shape index (κ2) is 7.51. The van der Waals surface area contributed by atoms with Crippen molar-refractivity contribution in [2.75, 3.05) is 0 Å². The van der Waals surface area contributed by atoms with Crippen LogP contribution in [0.15, 0.2) is 60.7 Å². The number of carboxylic acids is 1. The zero-order valence-corrected chi connectivity index (χ0v) is 14.3. The first-order valence-corrected chi connectivity index (χ1v) is 8.68. The number of hydrogen-bond acceptors (Lipinski definition) is 2. The summed E-state index contributed by atoms with van der Waals surface area (Å²) in [7, 11) is 0. The van der Waals surface area contributed by atoms with Crippen LogP contribution in [0.4, 0.5) is 0 Å². The summed E-state index contributed by atoms with van der Waals surface area (Å²) in [6.07, 6.45) is 1.46. The minimum Gasteiger partial charge on any atom is -0.481 e. The molecule has 2 aromatic rings. The molecule has 1 aliphatic carbocycles. The Hall–Kier alpha value is -2.62. The van der Waals surface area contributed by atoms with E-state index in [1.807, 2.05) is 48.5 Å². The van der Waals surface area contributed by atoms with E-state index in [1.165, 1.54) is 5.56 Å². The Morgan fingerprint density at radius 3 is 2.28 bits per heavy atom. The zero-order chi connectivity index (χ0) is 17.8. The van der Waals surface area contributed by atoms with Crippen molar-refractivity contribution in [3.8, 4) is 0 Å². The van der Waals surface area contributed by atoms with Crippen LogP contribution in [0.25, 0.3) is 0 Å². The van der Waals surface area contributed by atoms with E-state index in [2.05, 4.69) is 17.4 Å². The highest BCUT2D eigenvalue weighted by Crippen LogP contribution is 2.49. The quantitative estimate of drug-likeness (QED) is 0.808. The molecule has 4 atom stereocenters. The van der Waals surface area contributed by atoms with Crippen LogP contribution < -0.4 is 5.32 Å². The molecular weight excluding hydrogens is 314 g/mol. The van der Waals surface area contributed by atoms with Gasteiger partial charge >= 0.3 is 5.97 Å². The van der Waals surface area contributed by atoms with Crippen molar-refractivity contribution >= 4 is 11.9 Å². The molecule has 0 aliphatic heterocycles. The van der Waals surface area contributed by atoms with Crippen LogP contribution in [-0.2, 0) is 9.59 Å². The lowest BCUT2D eigenvalue weighted by Crippen LogP contribution is -2.35. The number of benzene rings is 2. The van der Waals surface area contributed by atoms with Crippen LogP contribution in [0, 0.1) is 11.8 Å². The largest absolute Gasteiger partial charge is 0.481 e. The highest BCUT2D eigenvalue weighted by atomic mass is 16.4. The Morgan fingerprint density at radius 2 is 1.68 bits per heavy atom. The van der Waals surface area contributed by atoms with E-state index in [0.29, 0.717) is 18.3 Å². The van der Waals surface area contributed by atoms with Gasteiger partial charge in [0.1, 0.15) is 0 Å². The molecular formula is C21H23NO3. The molecule has 2 aromatic carbocycles. The van der Waals surface area contributed by atoms with E-state index in [1.54, 1.807) is 6.92 Å². The number of nitrogens with one attached hydrogen (secondary N) is 1. The van der Waals surface area contributed by atoms with Crippen molar-refractivity contribution in [1.29, 1.82) is 0 Å². The van der Waals surface area contributed by atoms with Crippen LogP contribution in [0.1, 0.15) is 42.9 Å². The SMILES string of the molecule is CC(C(=O)O)C(NC(=O)C[C@@H]1C[C@H]1c1ccccc1)c1ccccc1. The molecule has 1 amide bonds. The maximum absolute atomic E-state index is 12.5. The molecule has 4 heteroatoms. The number of carbonyl (C=O) groups excluding carboxylic acids is 1. The predicted molar refractivity (Wildman–Crippen MR) is 96.0 cm³/mol. The second-order valence-corrected chi connectivity index (χ2v) is 6.80. The lowest BCUT2D eigenvalue weighted by atomic mass is 9.94. The number of rotatable bonds is 7. The minimum atomic E-state index is -0.914. The molecule has 4 nitrogen and oxygen atoms in total. The summed E-state index contributed by atoms with van der Waals surface area (Å²) >= 11 is 0. The third-order valence-corrected chi connectivity index (χ3v) is 4.96. The fourth-order valence-corrected chi connectivity index (χ4v) is 3.35. The van der Waals surface area contributed by atoms with Crippen molar-refractivity contribution in [2.24, 2.45) is 11.8 Å². The Kier molecular flexibility index (Phi) is 5.17. The summed E-state index contributed by atoms with van der Waals surface area (Å²) in [6.45, 7) is 1.63. The Morgan fingerprint density at radius 1 is 1.08 bits per heavy atom. The maximum atomic E-state index is 12.5. The number of amides is 1. The molecule has 1 aliphatic rings. The van der Waals surface area contributed by atoms with Gasteiger partial charge in [0.15, 0.2) is 0 Å². The highest BCUT2D eigenvalue weighted by molar-refractivity contribution is 5.79. The molecule has 1 fully saturated rings. The smallest absolute Gasteiger partial charge is 0.308 e. The van der Waals surface area contributed by atoms with Gasteiger partial charge in [-0.15, -0.1) is 0 Å². The summed E-state index contributed by atoms with van der Waals surface area (Å²) in [4.78, 5) is 23.9. The van der Waals surface area contributed by atoms with Gasteiger partial charge < -0.3 is 10.4 Å². The van der Waals surface area contributed by atoms with Crippen molar-refractivity contribution < 1.29 is 14.7 Å². The standard InChI is InChI=1S/C21H23NO3/c1-14(21(24)25)20(16-10-6-3-7-11-16)22-19(23)13-17-12-18(17)15-8-4-2-5-9-15/h2-11,14,17-18,20H,12-13H2,1H3,(H,22,23)(H,24,25)/t14?,17-,18-,20?/m0/s1. The number of carboxylic acid groups (broad SMARTS) is 1. The molecule has 3 rings (SSSR count). The van der Waals surface area contributed by atoms with E-state index >= 15 is 0 Å². The lowest BCUT2D eigenvalue weighted by molar-refractivity contribution is -0.142. The normalized spacial score (nSPS) is 21.2. The van der Waals surface area contributed by atoms with E-state index in [4.69, 9.17) is 0 Å². The first-order valence-electron chi connectivity index (χ1n) is 8.68. The summed E-state index contributed by atoms with van der Waals surface area (Å²) in [5.74, 6) is -0.887. The molecule has 2 N–H and O–H groups in total. The molecule has 0 aromatic heterocycles. The van der Waals surface area contributed by atoms with Gasteiger partial charge in [-0.3, -0.25) is 9.59 Å². The van der Waals surface area contributed by atoms with E-state index in [9.17, 15) is 14.7 Å². The number of carbonyl (C=O) groups is 2. The molecule has 25 heavy (non-hydrogen) atoms. The first kappa shape index (κ1) is 17.2. The molecule has 0 radical (unpaired) electrons. The van der Waals surface area contributed by atoms with Gasteiger partial charge in [0.25, 0.3) is 0 Å². The minimum absolute atomic E-state index is 0.0783. The van der Waals surface area contributed by atoms with Crippen molar-refractivity contribution in [2.45, 2.75) is 31.7 Å². The number of hydrogen-bond donors (Lipinski definition) is 2. The van der Waals surface area contributed by atoms with Gasteiger partial charge in [0, 0.05) is 6.42 Å². The third-order valence-electron chi connectivity index (χ3n) is 4.96. The molecule has 130 valence electrons. The fourth-order valence-electron chi connectivity index (χ4n) is 3.35. The zero-order valence-electron chi connectivity index (χ0n) is 14.3. The van der Waals surface area contributed by atoms with E-state index < -0.39 is 17.9 Å². The molecule has 0 saturated heterocycles. The summed E-state index contributed by atoms with van der Waals surface area (Å²) in [5.41, 5.74) is 2.10.